The predicted octanol–water partition coefficient (Wildman–Crippen LogP) is 2.90. The van der Waals surface area contributed by atoms with Crippen molar-refractivity contribution in [1.82, 2.24) is 20.4 Å². The Labute approximate surface area is 140 Å². The molecular formula is C17H22N4O3. The molecule has 128 valence electrons. The van der Waals surface area contributed by atoms with Gasteiger partial charge in [-0.15, -0.1) is 0 Å². The van der Waals surface area contributed by atoms with E-state index < -0.39 is 0 Å². The molecule has 2 aliphatic rings. The Morgan fingerprint density at radius 3 is 2.71 bits per heavy atom. The third-order valence-electron chi connectivity index (χ3n) is 4.70. The van der Waals surface area contributed by atoms with Gasteiger partial charge < -0.3 is 14.3 Å². The molecule has 0 unspecified atom stereocenters. The number of carbonyl (C=O) groups is 1. The number of nitrogens with zero attached hydrogens (tertiary/aromatic N) is 3. The molecule has 2 fully saturated rings. The van der Waals surface area contributed by atoms with Crippen LogP contribution in [0.3, 0.4) is 0 Å². The van der Waals surface area contributed by atoms with Crippen LogP contribution in [0.5, 0.6) is 0 Å². The van der Waals surface area contributed by atoms with Crippen LogP contribution in [0.1, 0.15) is 68.3 Å². The molecule has 1 N–H and O–H groups in total. The Kier molecular flexibility index (Phi) is 4.08. The molecule has 1 amide bonds. The fourth-order valence-electron chi connectivity index (χ4n) is 3.21. The van der Waals surface area contributed by atoms with E-state index in [2.05, 4.69) is 20.4 Å². The van der Waals surface area contributed by atoms with Crippen molar-refractivity contribution in [2.45, 2.75) is 70.3 Å². The van der Waals surface area contributed by atoms with E-state index in [1.165, 1.54) is 19.3 Å². The first-order chi connectivity index (χ1) is 11.7. The Bertz CT molecular complexity index is 726. The second kappa shape index (κ2) is 6.37. The molecule has 2 aliphatic carbocycles. The van der Waals surface area contributed by atoms with E-state index in [1.54, 1.807) is 0 Å². The average molecular weight is 330 g/mol. The summed E-state index contributed by atoms with van der Waals surface area (Å²) in [4.78, 5) is 20.9. The fourth-order valence-corrected chi connectivity index (χ4v) is 3.21. The highest BCUT2D eigenvalue weighted by molar-refractivity contribution is 5.78. The summed E-state index contributed by atoms with van der Waals surface area (Å²) in [6, 6.07) is 0.288. The maximum absolute atomic E-state index is 12.1. The van der Waals surface area contributed by atoms with Crippen molar-refractivity contribution in [3.63, 3.8) is 0 Å². The first kappa shape index (κ1) is 15.4. The van der Waals surface area contributed by atoms with Crippen molar-refractivity contribution in [3.05, 3.63) is 17.5 Å². The van der Waals surface area contributed by atoms with Gasteiger partial charge in [0, 0.05) is 12.0 Å². The highest BCUT2D eigenvalue weighted by atomic mass is 16.5. The largest absolute Gasteiger partial charge is 0.445 e. The Morgan fingerprint density at radius 1 is 1.17 bits per heavy atom. The van der Waals surface area contributed by atoms with Crippen LogP contribution in [-0.4, -0.2) is 27.1 Å². The monoisotopic (exact) mass is 330 g/mol. The predicted molar refractivity (Wildman–Crippen MR) is 85.2 cm³/mol. The van der Waals surface area contributed by atoms with Gasteiger partial charge in [-0.2, -0.15) is 4.98 Å². The van der Waals surface area contributed by atoms with Crippen molar-refractivity contribution in [3.8, 4) is 11.6 Å². The molecule has 7 heteroatoms. The Hall–Kier alpha value is -2.18. The zero-order chi connectivity index (χ0) is 16.5. The summed E-state index contributed by atoms with van der Waals surface area (Å²) in [5, 5.41) is 6.97. The van der Waals surface area contributed by atoms with Crippen LogP contribution in [0.25, 0.3) is 11.6 Å². The van der Waals surface area contributed by atoms with Crippen molar-refractivity contribution in [2.24, 2.45) is 0 Å². The molecule has 0 aliphatic heterocycles. The zero-order valence-corrected chi connectivity index (χ0v) is 13.9. The second-order valence-electron chi connectivity index (χ2n) is 6.83. The number of nitrogens with one attached hydrogen (secondary N) is 1. The topological polar surface area (TPSA) is 94.0 Å². The SMILES string of the molecule is Cc1oc(C2CC2)nc1-c1nc(CC(=O)NC2CCCCC2)no1. The average Bonchev–Trinajstić information content (AvgIpc) is 3.21. The van der Waals surface area contributed by atoms with Crippen LogP contribution < -0.4 is 5.32 Å². The van der Waals surface area contributed by atoms with Crippen LogP contribution in [0, 0.1) is 6.92 Å². The van der Waals surface area contributed by atoms with E-state index >= 15 is 0 Å². The van der Waals surface area contributed by atoms with Crippen LogP contribution in [-0.2, 0) is 11.2 Å². The van der Waals surface area contributed by atoms with Gasteiger partial charge in [0.25, 0.3) is 5.89 Å². The molecule has 0 bridgehead atoms. The van der Waals surface area contributed by atoms with Crippen molar-refractivity contribution >= 4 is 5.91 Å². The molecule has 2 aromatic rings. The van der Waals surface area contributed by atoms with Crippen LogP contribution in [0.2, 0.25) is 0 Å². The lowest BCUT2D eigenvalue weighted by molar-refractivity contribution is -0.121. The van der Waals surface area contributed by atoms with Gasteiger partial charge in [0.2, 0.25) is 5.91 Å². The maximum Gasteiger partial charge on any atom is 0.280 e. The molecule has 24 heavy (non-hydrogen) atoms. The summed E-state index contributed by atoms with van der Waals surface area (Å²) < 4.78 is 10.9. The smallest absolute Gasteiger partial charge is 0.280 e. The number of carbonyl (C=O) groups excluding carboxylic acids is 1. The molecule has 0 atom stereocenters. The molecule has 0 aromatic carbocycles. The van der Waals surface area contributed by atoms with Gasteiger partial charge >= 0.3 is 0 Å². The van der Waals surface area contributed by atoms with E-state index in [0.29, 0.717) is 29.1 Å². The molecule has 2 heterocycles. The number of hydrogen-bond donors (Lipinski definition) is 1. The first-order valence-electron chi connectivity index (χ1n) is 8.78. The summed E-state index contributed by atoms with van der Waals surface area (Å²) in [6.45, 7) is 1.84. The maximum atomic E-state index is 12.1. The highest BCUT2D eigenvalue weighted by Crippen LogP contribution is 2.41. The number of amides is 1. The second-order valence-corrected chi connectivity index (χ2v) is 6.83. The summed E-state index contributed by atoms with van der Waals surface area (Å²) in [5.74, 6) is 2.51. The molecular weight excluding hydrogens is 308 g/mol. The molecule has 2 saturated carbocycles. The van der Waals surface area contributed by atoms with Crippen LogP contribution in [0.15, 0.2) is 8.94 Å². The van der Waals surface area contributed by atoms with E-state index in [9.17, 15) is 4.79 Å². The van der Waals surface area contributed by atoms with Gasteiger partial charge in [-0.3, -0.25) is 4.79 Å². The van der Waals surface area contributed by atoms with Gasteiger partial charge in [-0.1, -0.05) is 24.4 Å². The van der Waals surface area contributed by atoms with Crippen LogP contribution >= 0.6 is 0 Å². The summed E-state index contributed by atoms with van der Waals surface area (Å²) >= 11 is 0. The van der Waals surface area contributed by atoms with Gasteiger partial charge in [0.05, 0.1) is 6.42 Å². The molecule has 7 nitrogen and oxygen atoms in total. The first-order valence-corrected chi connectivity index (χ1v) is 8.78. The molecule has 0 radical (unpaired) electrons. The van der Waals surface area contributed by atoms with E-state index in [4.69, 9.17) is 8.94 Å². The lowest BCUT2D eigenvalue weighted by atomic mass is 9.95. The third-order valence-corrected chi connectivity index (χ3v) is 4.70. The molecule has 2 aromatic heterocycles. The van der Waals surface area contributed by atoms with Gasteiger partial charge in [-0.05, 0) is 32.6 Å². The van der Waals surface area contributed by atoms with Crippen molar-refractivity contribution in [1.29, 1.82) is 0 Å². The van der Waals surface area contributed by atoms with E-state index in [0.717, 1.165) is 31.6 Å². The summed E-state index contributed by atoms with van der Waals surface area (Å²) in [6.07, 6.45) is 8.13. The highest BCUT2D eigenvalue weighted by Gasteiger charge is 2.31. The van der Waals surface area contributed by atoms with Crippen molar-refractivity contribution < 1.29 is 13.7 Å². The number of rotatable bonds is 5. The molecule has 0 saturated heterocycles. The molecule has 0 spiro atoms. The minimum atomic E-state index is -0.0511. The quantitative estimate of drug-likeness (QED) is 0.906. The standard InChI is InChI=1S/C17H22N4O3/c1-10-15(20-16(23-10)11-7-8-11)17-19-13(21-24-17)9-14(22)18-12-5-3-2-4-6-12/h11-12H,2-9H2,1H3,(H,18,22). The van der Waals surface area contributed by atoms with Gasteiger partial charge in [-0.25, -0.2) is 4.98 Å². The van der Waals surface area contributed by atoms with Gasteiger partial charge in [0.1, 0.15) is 5.76 Å². The third kappa shape index (κ3) is 3.34. The minimum absolute atomic E-state index is 0.0511. The van der Waals surface area contributed by atoms with Crippen molar-refractivity contribution in [2.75, 3.05) is 0 Å². The normalized spacial score (nSPS) is 18.7. The number of hydrogen-bond acceptors (Lipinski definition) is 6. The number of aryl methyl sites for hydroxylation is 1. The number of aromatic nitrogens is 3. The lowest BCUT2D eigenvalue weighted by Gasteiger charge is -2.22. The summed E-state index contributed by atoms with van der Waals surface area (Å²) in [7, 11) is 0. The Morgan fingerprint density at radius 2 is 1.96 bits per heavy atom. The minimum Gasteiger partial charge on any atom is -0.445 e. The van der Waals surface area contributed by atoms with E-state index in [-0.39, 0.29) is 18.4 Å². The van der Waals surface area contributed by atoms with E-state index in [1.807, 2.05) is 6.92 Å². The lowest BCUT2D eigenvalue weighted by Crippen LogP contribution is -2.37. The Balaban J connectivity index is 1.40. The van der Waals surface area contributed by atoms with Gasteiger partial charge in [0.15, 0.2) is 17.4 Å². The summed E-state index contributed by atoms with van der Waals surface area (Å²) in [5.41, 5.74) is 0.586. The zero-order valence-electron chi connectivity index (χ0n) is 13.9. The fraction of sp³-hybridized carbons (Fsp3) is 0.647. The number of oxazole rings is 1. The molecule has 4 rings (SSSR count). The van der Waals surface area contributed by atoms with Crippen LogP contribution in [0.4, 0.5) is 0 Å².